The van der Waals surface area contributed by atoms with Gasteiger partial charge in [0.05, 0.1) is 0 Å². The SMILES string of the molecule is FC(F)(F)OC(OC(F)(F)F)(OC(F)(F)F)C(F)(C(F)(F)C(F)(F)C(F)(F)C(F)(F)C(F)(F)C(F)(F)C(F)(F)C(F)(F)F)C(F)(F)C(F)(F)C(F)(F)C(F)(F)C(F)(F)C(F)(F)C(F)(F)C(F)(F)C(F)(F)C(F)(F)F. The number of rotatable bonds is 20. The van der Waals surface area contributed by atoms with E-state index in [0.29, 0.717) is 14.2 Å². The first-order valence-corrected chi connectivity index (χ1v) is 15.0. The summed E-state index contributed by atoms with van der Waals surface area (Å²) in [5.74, 6) is -183. The van der Waals surface area contributed by atoms with Crippen molar-refractivity contribution in [1.29, 1.82) is 0 Å². The third-order valence-electron chi connectivity index (χ3n) is 8.27. The van der Waals surface area contributed by atoms with Gasteiger partial charge in [-0.1, -0.05) is 0 Å². The van der Waals surface area contributed by atoms with Crippen LogP contribution in [0, 0.1) is 0 Å². The minimum atomic E-state index is -12.0. The molecule has 51 heteroatoms. The summed E-state index contributed by atoms with van der Waals surface area (Å²) in [6.45, 7) is 0. The summed E-state index contributed by atoms with van der Waals surface area (Å²) in [7, 11) is 0. The van der Waals surface area contributed by atoms with E-state index in [1.807, 2.05) is 0 Å². The molecule has 0 aromatic carbocycles. The Kier molecular flexibility index (Phi) is 16.4. The highest BCUT2D eigenvalue weighted by atomic mass is 19.5. The van der Waals surface area contributed by atoms with Crippen molar-refractivity contribution in [2.45, 2.75) is 138 Å². The lowest BCUT2D eigenvalue weighted by Gasteiger charge is -2.53. The summed E-state index contributed by atoms with van der Waals surface area (Å²) in [4.78, 5) is 0. The van der Waals surface area contributed by atoms with Crippen molar-refractivity contribution in [3.05, 3.63) is 0 Å². The zero-order valence-corrected chi connectivity index (χ0v) is 30.9. The van der Waals surface area contributed by atoms with Gasteiger partial charge in [0.15, 0.2) is 0 Å². The molecule has 74 heavy (non-hydrogen) atoms. The van der Waals surface area contributed by atoms with Crippen LogP contribution >= 0.6 is 0 Å². The largest absolute Gasteiger partial charge is 0.526 e. The molecule has 0 saturated heterocycles. The van der Waals surface area contributed by atoms with Crippen LogP contribution in [0.4, 0.5) is 211 Å². The van der Waals surface area contributed by atoms with Gasteiger partial charge in [-0.3, -0.25) is 0 Å². The Hall–Kier alpha value is -3.48. The van der Waals surface area contributed by atoms with Gasteiger partial charge in [-0.05, 0) is 0 Å². The van der Waals surface area contributed by atoms with Gasteiger partial charge in [-0.2, -0.15) is 167 Å². The Morgan fingerprint density at radius 1 is 0.135 bits per heavy atom. The second-order valence-electron chi connectivity index (χ2n) is 13.0. The van der Waals surface area contributed by atoms with Crippen LogP contribution in [0.1, 0.15) is 0 Å². The van der Waals surface area contributed by atoms with E-state index in [2.05, 4.69) is 0 Å². The van der Waals surface area contributed by atoms with Gasteiger partial charge in [0.25, 0.3) is 0 Å². The first-order chi connectivity index (χ1) is 30.9. The topological polar surface area (TPSA) is 27.7 Å². The maximum atomic E-state index is 16.2. The highest BCUT2D eigenvalue weighted by Gasteiger charge is 3.06. The number of ether oxygens (including phenoxy) is 3. The highest BCUT2D eigenvalue weighted by molar-refractivity contribution is 5.27. The van der Waals surface area contributed by atoms with Crippen molar-refractivity contribution >= 4 is 0 Å². The number of halogens is 48. The van der Waals surface area contributed by atoms with Gasteiger partial charge in [0, 0.05) is 0 Å². The molecule has 0 aliphatic rings. The van der Waals surface area contributed by atoms with Crippen LogP contribution in [-0.2, 0) is 14.2 Å². The summed E-state index contributed by atoms with van der Waals surface area (Å²) in [6.07, 6.45) is -45.1. The molecule has 0 rings (SSSR count). The van der Waals surface area contributed by atoms with Gasteiger partial charge in [0.2, 0.25) is 0 Å². The molecule has 1 unspecified atom stereocenters. The van der Waals surface area contributed by atoms with Crippen molar-refractivity contribution in [2.75, 3.05) is 0 Å². The van der Waals surface area contributed by atoms with Crippen LogP contribution in [0.15, 0.2) is 0 Å². The lowest BCUT2D eigenvalue weighted by Crippen LogP contribution is -2.86. The van der Waals surface area contributed by atoms with E-state index >= 15 is 22.0 Å². The van der Waals surface area contributed by atoms with Crippen LogP contribution in [0.25, 0.3) is 0 Å². The second kappa shape index (κ2) is 17.3. The Balaban J connectivity index is 9.83. The van der Waals surface area contributed by atoms with Gasteiger partial charge in [0.1, 0.15) is 0 Å². The average Bonchev–Trinajstić information content (AvgIpc) is 3.09. The van der Waals surface area contributed by atoms with E-state index in [1.165, 1.54) is 0 Å². The lowest BCUT2D eigenvalue weighted by atomic mass is 9.75. The molecule has 0 fully saturated rings. The van der Waals surface area contributed by atoms with E-state index in [9.17, 15) is 189 Å². The highest BCUT2D eigenvalue weighted by Crippen LogP contribution is 2.73. The predicted molar refractivity (Wildman–Crippen MR) is 119 cm³/mol. The van der Waals surface area contributed by atoms with Gasteiger partial charge < -0.3 is 0 Å². The van der Waals surface area contributed by atoms with Crippen molar-refractivity contribution in [2.24, 2.45) is 0 Å². The standard InChI is InChI=1S/C23F48O3/c24-1(20(72-21(63,64)65,73-22(66,67)68)74-23(69,70)71,3(27,28)5(31,32)7(35,36)9(39,40)12(45,46)14(49,50)16(53,54)18(57,58)59)2(25,26)4(29,30)6(33,34)8(37,38)10(41,42)11(43,44)13(47,48)15(51,52)17(55,56)19(60,61)62. The van der Waals surface area contributed by atoms with Crippen molar-refractivity contribution < 1.29 is 225 Å². The van der Waals surface area contributed by atoms with Gasteiger partial charge in [-0.25, -0.2) is 18.6 Å². The summed E-state index contributed by atoms with van der Waals surface area (Å²) in [5, 5.41) is 0. The number of alkyl halides is 48. The van der Waals surface area contributed by atoms with Crippen LogP contribution < -0.4 is 0 Å². The molecule has 0 aromatic rings. The molecule has 0 spiro atoms. The molecule has 0 saturated carbocycles. The first-order valence-electron chi connectivity index (χ1n) is 15.0. The van der Waals surface area contributed by atoms with E-state index in [0.717, 1.165) is 0 Å². The fraction of sp³-hybridized carbons (Fsp3) is 1.00. The molecule has 3 nitrogen and oxygen atoms in total. The second-order valence-corrected chi connectivity index (χ2v) is 13.0. The first kappa shape index (κ1) is 70.5. The third kappa shape index (κ3) is 9.08. The molecule has 0 aromatic heterocycles. The maximum Gasteiger partial charge on any atom is 0.526 e. The minimum absolute atomic E-state index is 0.512. The monoisotopic (exact) mass is 1240 g/mol. The quantitative estimate of drug-likeness (QED) is 0.0898. The summed E-state index contributed by atoms with van der Waals surface area (Å²) >= 11 is 0. The van der Waals surface area contributed by atoms with E-state index in [4.69, 9.17) is 0 Å². The summed E-state index contributed by atoms with van der Waals surface area (Å²) in [5.41, 5.74) is -12.0. The van der Waals surface area contributed by atoms with Crippen molar-refractivity contribution in [1.82, 2.24) is 0 Å². The smallest absolute Gasteiger partial charge is 0.230 e. The van der Waals surface area contributed by atoms with E-state index in [-0.39, 0.29) is 0 Å². The molecule has 0 radical (unpaired) electrons. The zero-order chi connectivity index (χ0) is 61.6. The average molecular weight is 1240 g/mol. The van der Waals surface area contributed by atoms with Crippen LogP contribution in [0.2, 0.25) is 0 Å². The van der Waals surface area contributed by atoms with E-state index < -0.39 is 138 Å². The molecule has 0 aliphatic carbocycles. The van der Waals surface area contributed by atoms with Crippen LogP contribution in [0.5, 0.6) is 0 Å². The molecular weight excluding hydrogens is 1240 g/mol. The van der Waals surface area contributed by atoms with E-state index in [1.54, 1.807) is 0 Å². The molecule has 0 N–H and O–H groups in total. The molecule has 0 heterocycles. The maximum absolute atomic E-state index is 16.2. The summed E-state index contributed by atoms with van der Waals surface area (Å²) in [6, 6.07) is 0. The molecule has 0 aliphatic heterocycles. The molecule has 0 bridgehead atoms. The molecule has 446 valence electrons. The normalized spacial score (nSPS) is 18.0. The zero-order valence-electron chi connectivity index (χ0n) is 30.9. The third-order valence-corrected chi connectivity index (χ3v) is 8.27. The predicted octanol–water partition coefficient (Wildman–Crippen LogP) is 15.2. The van der Waals surface area contributed by atoms with Gasteiger partial charge in [-0.15, -0.1) is 39.5 Å². The molecule has 0 amide bonds. The Bertz CT molecular complexity index is 1940. The number of hydrogen-bond donors (Lipinski definition) is 0. The Morgan fingerprint density at radius 3 is 0.351 bits per heavy atom. The minimum Gasteiger partial charge on any atom is -0.230 e. The summed E-state index contributed by atoms with van der Waals surface area (Å²) < 4.78 is 663. The Labute approximate surface area is 364 Å². The molecule has 1 atom stereocenters. The fourth-order valence-corrected chi connectivity index (χ4v) is 4.47. The van der Waals surface area contributed by atoms with Crippen molar-refractivity contribution in [3.63, 3.8) is 0 Å². The Morgan fingerprint density at radius 2 is 0.243 bits per heavy atom. The van der Waals surface area contributed by atoms with Crippen molar-refractivity contribution in [3.8, 4) is 0 Å². The van der Waals surface area contributed by atoms with Crippen LogP contribution in [0.3, 0.4) is 0 Å². The number of hydrogen-bond acceptors (Lipinski definition) is 3. The molecular formula is C23F48O3. The lowest BCUT2D eigenvalue weighted by molar-refractivity contribution is -0.630. The fourth-order valence-electron chi connectivity index (χ4n) is 4.47. The van der Waals surface area contributed by atoms with Crippen LogP contribution in [-0.4, -0.2) is 138 Å². The van der Waals surface area contributed by atoms with Gasteiger partial charge >= 0.3 is 138 Å².